The lowest BCUT2D eigenvalue weighted by Crippen LogP contribution is -2.37. The second-order valence-electron chi connectivity index (χ2n) is 4.34. The summed E-state index contributed by atoms with van der Waals surface area (Å²) in [6.45, 7) is 3.65. The van der Waals surface area contributed by atoms with Gasteiger partial charge in [0.25, 0.3) is 0 Å². The minimum Gasteiger partial charge on any atom is -0.508 e. The number of nitrogens with one attached hydrogen (secondary N) is 2. The van der Waals surface area contributed by atoms with Gasteiger partial charge in [0, 0.05) is 5.56 Å². The highest BCUT2D eigenvalue weighted by Crippen LogP contribution is 2.28. The average molecular weight is 276 g/mol. The van der Waals surface area contributed by atoms with E-state index in [2.05, 4.69) is 10.6 Å². The van der Waals surface area contributed by atoms with Crippen LogP contribution in [0.1, 0.15) is 25.5 Å². The van der Waals surface area contributed by atoms with Crippen LogP contribution in [0.3, 0.4) is 0 Å². The van der Waals surface area contributed by atoms with Crippen LogP contribution < -0.4 is 10.6 Å². The zero-order valence-electron chi connectivity index (χ0n) is 11.3. The summed E-state index contributed by atoms with van der Waals surface area (Å²) in [6.07, 6.45) is 0. The molecule has 106 valence electrons. The van der Waals surface area contributed by atoms with Crippen LogP contribution in [-0.4, -0.2) is 23.5 Å². The van der Waals surface area contributed by atoms with Crippen LogP contribution in [0.2, 0.25) is 0 Å². The molecule has 0 radical (unpaired) electrons. The maximum absolute atomic E-state index is 12.5. The van der Waals surface area contributed by atoms with Gasteiger partial charge in [-0.1, -0.05) is 18.2 Å². The summed E-state index contributed by atoms with van der Waals surface area (Å²) in [5, 5.41) is 14.9. The summed E-state index contributed by atoms with van der Waals surface area (Å²) in [5.41, 5.74) is 0.687. The molecule has 0 saturated carbocycles. The van der Waals surface area contributed by atoms with Gasteiger partial charge in [-0.25, -0.2) is 4.79 Å². The lowest BCUT2D eigenvalue weighted by molar-refractivity contribution is -0.120. The van der Waals surface area contributed by atoms with Gasteiger partial charge in [0.05, 0.1) is 12.3 Å². The van der Waals surface area contributed by atoms with Crippen molar-refractivity contribution in [1.82, 2.24) is 10.6 Å². The van der Waals surface area contributed by atoms with E-state index in [1.165, 1.54) is 6.07 Å². The van der Waals surface area contributed by atoms with Crippen molar-refractivity contribution in [3.8, 4) is 5.75 Å². The highest BCUT2D eigenvalue weighted by molar-refractivity contribution is 6.03. The van der Waals surface area contributed by atoms with Crippen LogP contribution >= 0.6 is 0 Å². The molecule has 1 aliphatic rings. The number of carbonyl (C=O) groups is 2. The van der Waals surface area contributed by atoms with Gasteiger partial charge < -0.3 is 20.5 Å². The van der Waals surface area contributed by atoms with Crippen molar-refractivity contribution in [3.63, 3.8) is 0 Å². The summed E-state index contributed by atoms with van der Waals surface area (Å²) >= 11 is 0. The largest absolute Gasteiger partial charge is 0.508 e. The molecule has 20 heavy (non-hydrogen) atoms. The van der Waals surface area contributed by atoms with Gasteiger partial charge in [-0.2, -0.15) is 0 Å². The SMILES string of the molecule is CCOC1=C(C)NC(=O)NC(c2ccccc2O)C1=O. The number of hydrogen-bond donors (Lipinski definition) is 3. The summed E-state index contributed by atoms with van der Waals surface area (Å²) < 4.78 is 5.32. The van der Waals surface area contributed by atoms with Crippen molar-refractivity contribution in [2.45, 2.75) is 19.9 Å². The van der Waals surface area contributed by atoms with Gasteiger partial charge in [0.1, 0.15) is 11.8 Å². The van der Waals surface area contributed by atoms with E-state index >= 15 is 0 Å². The standard InChI is InChI=1S/C14H16N2O4/c1-3-20-13-8(2)15-14(19)16-11(12(13)18)9-6-4-5-7-10(9)17/h4-7,11,17H,3H2,1-2H3,(H2,15,16,19). The van der Waals surface area contributed by atoms with Crippen molar-refractivity contribution in [2.75, 3.05) is 6.61 Å². The predicted octanol–water partition coefficient (Wildman–Crippen LogP) is 1.58. The van der Waals surface area contributed by atoms with Crippen LogP contribution in [0.15, 0.2) is 35.7 Å². The van der Waals surface area contributed by atoms with Gasteiger partial charge in [-0.3, -0.25) is 4.79 Å². The number of benzene rings is 1. The average Bonchev–Trinajstić information content (AvgIpc) is 2.51. The van der Waals surface area contributed by atoms with Crippen molar-refractivity contribution >= 4 is 11.8 Å². The van der Waals surface area contributed by atoms with E-state index < -0.39 is 17.9 Å². The number of urea groups is 1. The molecule has 0 saturated heterocycles. The van der Waals surface area contributed by atoms with Crippen LogP contribution in [0.5, 0.6) is 5.75 Å². The van der Waals surface area contributed by atoms with E-state index in [0.717, 1.165) is 0 Å². The van der Waals surface area contributed by atoms with E-state index in [4.69, 9.17) is 4.74 Å². The van der Waals surface area contributed by atoms with Crippen molar-refractivity contribution < 1.29 is 19.4 Å². The Balaban J connectivity index is 2.46. The number of ketones is 1. The number of rotatable bonds is 3. The number of para-hydroxylation sites is 1. The minimum absolute atomic E-state index is 0.0541. The fourth-order valence-corrected chi connectivity index (χ4v) is 2.05. The number of amides is 2. The molecule has 2 rings (SSSR count). The molecule has 6 nitrogen and oxygen atoms in total. The monoisotopic (exact) mass is 276 g/mol. The minimum atomic E-state index is -0.977. The van der Waals surface area contributed by atoms with E-state index in [1.54, 1.807) is 32.0 Å². The Kier molecular flexibility index (Phi) is 3.93. The van der Waals surface area contributed by atoms with Crippen LogP contribution in [0.4, 0.5) is 4.79 Å². The fraction of sp³-hybridized carbons (Fsp3) is 0.286. The van der Waals surface area contributed by atoms with Crippen LogP contribution in [-0.2, 0) is 9.53 Å². The number of aromatic hydroxyl groups is 1. The van der Waals surface area contributed by atoms with Gasteiger partial charge in [-0.05, 0) is 19.9 Å². The maximum atomic E-state index is 12.5. The second kappa shape index (κ2) is 5.64. The predicted molar refractivity (Wildman–Crippen MR) is 71.8 cm³/mol. The number of ether oxygens (including phenoxy) is 1. The Morgan fingerprint density at radius 3 is 2.65 bits per heavy atom. The first-order valence-corrected chi connectivity index (χ1v) is 6.28. The molecule has 0 aliphatic carbocycles. The van der Waals surface area contributed by atoms with Crippen LogP contribution in [0.25, 0.3) is 0 Å². The highest BCUT2D eigenvalue weighted by atomic mass is 16.5. The first kappa shape index (κ1) is 13.9. The number of carbonyl (C=O) groups excluding carboxylic acids is 2. The Morgan fingerprint density at radius 2 is 2.00 bits per heavy atom. The molecule has 6 heteroatoms. The Bertz CT molecular complexity index is 580. The third kappa shape index (κ3) is 2.59. The maximum Gasteiger partial charge on any atom is 0.319 e. The summed E-state index contributed by atoms with van der Waals surface area (Å²) in [6, 6.07) is 4.88. The molecule has 3 N–H and O–H groups in total. The molecule has 1 aromatic rings. The normalized spacial score (nSPS) is 19.2. The van der Waals surface area contributed by atoms with E-state index in [-0.39, 0.29) is 11.5 Å². The molecule has 0 fully saturated rings. The topological polar surface area (TPSA) is 87.7 Å². The highest BCUT2D eigenvalue weighted by Gasteiger charge is 2.33. The van der Waals surface area contributed by atoms with Crippen molar-refractivity contribution in [2.24, 2.45) is 0 Å². The second-order valence-corrected chi connectivity index (χ2v) is 4.34. The van der Waals surface area contributed by atoms with Gasteiger partial charge >= 0.3 is 6.03 Å². The molecule has 1 heterocycles. The quantitative estimate of drug-likeness (QED) is 0.782. The summed E-state index contributed by atoms with van der Waals surface area (Å²) in [4.78, 5) is 24.2. The molecule has 1 unspecified atom stereocenters. The third-order valence-electron chi connectivity index (χ3n) is 2.94. The number of hydrogen-bond acceptors (Lipinski definition) is 4. The van der Waals surface area contributed by atoms with E-state index in [0.29, 0.717) is 17.9 Å². The van der Waals surface area contributed by atoms with Crippen molar-refractivity contribution in [1.29, 1.82) is 0 Å². The zero-order valence-corrected chi connectivity index (χ0v) is 11.3. The Hall–Kier alpha value is -2.50. The zero-order chi connectivity index (χ0) is 14.7. The molecule has 0 bridgehead atoms. The summed E-state index contributed by atoms with van der Waals surface area (Å²) in [5.74, 6) is -0.357. The molecule has 1 aromatic carbocycles. The van der Waals surface area contributed by atoms with Crippen LogP contribution in [0, 0.1) is 0 Å². The first-order valence-electron chi connectivity index (χ1n) is 6.28. The smallest absolute Gasteiger partial charge is 0.319 e. The number of phenolic OH excluding ortho intramolecular Hbond substituents is 1. The molecule has 1 atom stereocenters. The molecule has 1 aliphatic heterocycles. The lowest BCUT2D eigenvalue weighted by atomic mass is 10.0. The molecule has 2 amide bonds. The Labute approximate surface area is 116 Å². The number of phenols is 1. The van der Waals surface area contributed by atoms with E-state index in [1.807, 2.05) is 0 Å². The Morgan fingerprint density at radius 1 is 1.30 bits per heavy atom. The fourth-order valence-electron chi connectivity index (χ4n) is 2.05. The molecular formula is C14H16N2O4. The van der Waals surface area contributed by atoms with Gasteiger partial charge in [0.2, 0.25) is 5.78 Å². The third-order valence-corrected chi connectivity index (χ3v) is 2.94. The summed E-state index contributed by atoms with van der Waals surface area (Å²) in [7, 11) is 0. The molecule has 0 spiro atoms. The number of allylic oxidation sites excluding steroid dienone is 1. The first-order chi connectivity index (χ1) is 9.54. The van der Waals surface area contributed by atoms with Gasteiger partial charge in [-0.15, -0.1) is 0 Å². The number of Topliss-reactive ketones (excluding diaryl/α,β-unsaturated/α-hetero) is 1. The van der Waals surface area contributed by atoms with E-state index in [9.17, 15) is 14.7 Å². The molecule has 0 aromatic heterocycles. The van der Waals surface area contributed by atoms with Crippen molar-refractivity contribution in [3.05, 3.63) is 41.3 Å². The molecular weight excluding hydrogens is 260 g/mol. The lowest BCUT2D eigenvalue weighted by Gasteiger charge is -2.17. The van der Waals surface area contributed by atoms with Gasteiger partial charge in [0.15, 0.2) is 5.76 Å².